The molecule has 1 unspecified atom stereocenters. The molecule has 0 saturated carbocycles. The van der Waals surface area contributed by atoms with Gasteiger partial charge in [0.2, 0.25) is 18.6 Å². The minimum atomic E-state index is -1.14. The van der Waals surface area contributed by atoms with E-state index in [0.717, 1.165) is 4.90 Å². The number of methoxy groups -OCH3 is 4. The average molecular weight is 557 g/mol. The Balaban J connectivity index is 1.74. The first-order valence-electron chi connectivity index (χ1n) is 12.4. The molecule has 214 valence electrons. The van der Waals surface area contributed by atoms with Gasteiger partial charge in [0, 0.05) is 42.7 Å². The lowest BCUT2D eigenvalue weighted by Crippen LogP contribution is -2.59. The van der Waals surface area contributed by atoms with Crippen LogP contribution >= 0.6 is 0 Å². The number of benzene rings is 2. The number of hydrogen-bond acceptors (Lipinski definition) is 10. The monoisotopic (exact) mass is 556 g/mol. The molecule has 0 aromatic heterocycles. The number of nitrogens with zero attached hydrogens (tertiary/aromatic N) is 1. The fourth-order valence-corrected chi connectivity index (χ4v) is 4.96. The van der Waals surface area contributed by atoms with Crippen LogP contribution in [-0.4, -0.2) is 70.7 Å². The first-order valence-corrected chi connectivity index (χ1v) is 12.4. The summed E-state index contributed by atoms with van der Waals surface area (Å²) >= 11 is 0. The summed E-state index contributed by atoms with van der Waals surface area (Å²) in [4.78, 5) is 40.8. The number of ether oxygens (including phenoxy) is 7. The summed E-state index contributed by atoms with van der Waals surface area (Å²) in [5.41, 5.74) is 2.17. The van der Waals surface area contributed by atoms with Gasteiger partial charge in [-0.1, -0.05) is 0 Å². The first-order chi connectivity index (χ1) is 19.2. The highest BCUT2D eigenvalue weighted by Crippen LogP contribution is 2.44. The predicted octanol–water partition coefficient (Wildman–Crippen LogP) is 2.50. The second kappa shape index (κ2) is 11.7. The van der Waals surface area contributed by atoms with Crippen molar-refractivity contribution in [2.24, 2.45) is 0 Å². The third-order valence-electron chi connectivity index (χ3n) is 6.70. The maximum Gasteiger partial charge on any atom is 0.277 e. The number of nitrogens with one attached hydrogen (secondary N) is 1. The summed E-state index contributed by atoms with van der Waals surface area (Å²) in [6, 6.07) is 2.16. The quantitative estimate of drug-likeness (QED) is 0.363. The van der Waals surface area contributed by atoms with Crippen LogP contribution in [-0.2, 0) is 25.5 Å². The molecule has 0 spiro atoms. The van der Waals surface area contributed by atoms with Crippen LogP contribution in [0.2, 0.25) is 0 Å². The highest BCUT2D eigenvalue weighted by molar-refractivity contribution is 6.14. The van der Waals surface area contributed by atoms with Gasteiger partial charge in [-0.2, -0.15) is 0 Å². The first kappa shape index (κ1) is 28.6. The lowest BCUT2D eigenvalue weighted by Gasteiger charge is -2.34. The number of carbonyl (C=O) groups is 3. The molecule has 40 heavy (non-hydrogen) atoms. The third-order valence-corrected chi connectivity index (χ3v) is 6.70. The van der Waals surface area contributed by atoms with Crippen molar-refractivity contribution in [2.75, 3.05) is 42.0 Å². The molecule has 2 aromatic rings. The van der Waals surface area contributed by atoms with Crippen LogP contribution < -0.4 is 33.7 Å². The molecule has 3 amide bonds. The van der Waals surface area contributed by atoms with Crippen molar-refractivity contribution >= 4 is 23.8 Å². The molecule has 2 aliphatic rings. The minimum absolute atomic E-state index is 0.0138. The van der Waals surface area contributed by atoms with Crippen LogP contribution in [0.15, 0.2) is 17.8 Å². The van der Waals surface area contributed by atoms with E-state index in [1.165, 1.54) is 41.4 Å². The second-order valence-electron chi connectivity index (χ2n) is 9.10. The molecule has 12 nitrogen and oxygen atoms in total. The van der Waals surface area contributed by atoms with E-state index in [-0.39, 0.29) is 25.7 Å². The maximum absolute atomic E-state index is 13.6. The van der Waals surface area contributed by atoms with Gasteiger partial charge in [-0.25, -0.2) is 0 Å². The smallest absolute Gasteiger partial charge is 0.277 e. The average Bonchev–Trinajstić information content (AvgIpc) is 3.39. The van der Waals surface area contributed by atoms with Crippen molar-refractivity contribution in [1.82, 2.24) is 10.2 Å². The molecular weight excluding hydrogens is 524 g/mol. The highest BCUT2D eigenvalue weighted by atomic mass is 16.7. The van der Waals surface area contributed by atoms with E-state index in [2.05, 4.69) is 5.32 Å². The standard InChI is InChI=1S/C28H32N2O10/c1-14-23(36-6)18(10-21(35-5)25(14)37-7)9-20-27(32)29-19(28(33)30(20)16(3)31)8-17-11-22-26(40-13-38-22)15(2)24(17)39-12-34-4/h8,10-11,20H,9,12-13H2,1-7H3,(H,29,32)/b19-8-. The number of carbonyl (C=O) groups excluding carboxylic acids is 3. The van der Waals surface area contributed by atoms with E-state index in [1.807, 2.05) is 0 Å². The molecule has 1 saturated heterocycles. The van der Waals surface area contributed by atoms with E-state index < -0.39 is 23.8 Å². The van der Waals surface area contributed by atoms with E-state index in [0.29, 0.717) is 56.8 Å². The summed E-state index contributed by atoms with van der Waals surface area (Å²) in [6.07, 6.45) is 1.42. The Bertz CT molecular complexity index is 1380. The number of fused-ring (bicyclic) bond motifs is 1. The van der Waals surface area contributed by atoms with Gasteiger partial charge >= 0.3 is 0 Å². The number of piperazine rings is 1. The minimum Gasteiger partial charge on any atom is -0.496 e. The van der Waals surface area contributed by atoms with Gasteiger partial charge in [0.25, 0.3) is 5.91 Å². The van der Waals surface area contributed by atoms with Crippen LogP contribution in [0.25, 0.3) is 6.08 Å². The summed E-state index contributed by atoms with van der Waals surface area (Å²) in [5, 5.41) is 2.67. The van der Waals surface area contributed by atoms with Gasteiger partial charge < -0.3 is 38.5 Å². The Hall–Kier alpha value is -4.45. The molecule has 0 radical (unpaired) electrons. The predicted molar refractivity (Wildman–Crippen MR) is 142 cm³/mol. The molecular formula is C28H32N2O10. The second-order valence-corrected chi connectivity index (χ2v) is 9.10. The fraction of sp³-hybridized carbons (Fsp3) is 0.393. The fourth-order valence-electron chi connectivity index (χ4n) is 4.96. The van der Waals surface area contributed by atoms with E-state index in [9.17, 15) is 14.4 Å². The van der Waals surface area contributed by atoms with Gasteiger partial charge in [-0.3, -0.25) is 19.3 Å². The SMILES string of the molecule is COCOc1c(/C=C2\NC(=O)C(Cc3cc(OC)c(OC)c(C)c3OC)N(C(C)=O)C2=O)cc2c(c1C)OCO2. The molecule has 1 N–H and O–H groups in total. The van der Waals surface area contributed by atoms with Crippen LogP contribution in [0.4, 0.5) is 0 Å². The van der Waals surface area contributed by atoms with Crippen LogP contribution in [0.5, 0.6) is 34.5 Å². The van der Waals surface area contributed by atoms with E-state index in [1.54, 1.807) is 26.0 Å². The van der Waals surface area contributed by atoms with Crippen molar-refractivity contribution in [3.63, 3.8) is 0 Å². The molecule has 1 atom stereocenters. The van der Waals surface area contributed by atoms with Gasteiger partial charge in [0.05, 0.1) is 21.3 Å². The zero-order chi connectivity index (χ0) is 29.1. The molecule has 12 heteroatoms. The topological polar surface area (TPSA) is 131 Å². The number of hydrogen-bond donors (Lipinski definition) is 1. The normalized spacial score (nSPS) is 17.1. The lowest BCUT2D eigenvalue weighted by molar-refractivity contribution is -0.152. The maximum atomic E-state index is 13.6. The summed E-state index contributed by atoms with van der Waals surface area (Å²) < 4.78 is 38.4. The molecule has 1 fully saturated rings. The van der Waals surface area contributed by atoms with Crippen LogP contribution in [0.3, 0.4) is 0 Å². The Kier molecular flexibility index (Phi) is 8.38. The number of amides is 3. The highest BCUT2D eigenvalue weighted by Gasteiger charge is 2.41. The van der Waals surface area contributed by atoms with Gasteiger partial charge in [-0.15, -0.1) is 0 Å². The molecule has 0 bridgehead atoms. The largest absolute Gasteiger partial charge is 0.496 e. The molecule has 2 heterocycles. The molecule has 2 aromatic carbocycles. The number of imide groups is 1. The van der Waals surface area contributed by atoms with E-state index >= 15 is 0 Å². The Labute approximate surface area is 231 Å². The van der Waals surface area contributed by atoms with Crippen molar-refractivity contribution in [1.29, 1.82) is 0 Å². The lowest BCUT2D eigenvalue weighted by atomic mass is 9.97. The van der Waals surface area contributed by atoms with Gasteiger partial charge in [0.15, 0.2) is 29.8 Å². The third kappa shape index (κ3) is 5.09. The molecule has 4 rings (SSSR count). The summed E-state index contributed by atoms with van der Waals surface area (Å²) in [6.45, 7) is 4.77. The van der Waals surface area contributed by atoms with Crippen molar-refractivity contribution in [3.8, 4) is 34.5 Å². The zero-order valence-electron chi connectivity index (χ0n) is 23.5. The van der Waals surface area contributed by atoms with E-state index in [4.69, 9.17) is 33.2 Å². The summed E-state index contributed by atoms with van der Waals surface area (Å²) in [7, 11) is 5.97. The Morgan fingerprint density at radius 3 is 2.38 bits per heavy atom. The molecule has 0 aliphatic carbocycles. The number of rotatable bonds is 9. The molecule has 2 aliphatic heterocycles. The Morgan fingerprint density at radius 2 is 1.75 bits per heavy atom. The van der Waals surface area contributed by atoms with Crippen molar-refractivity contribution in [2.45, 2.75) is 33.2 Å². The van der Waals surface area contributed by atoms with Crippen LogP contribution in [0, 0.1) is 13.8 Å². The van der Waals surface area contributed by atoms with Gasteiger partial charge in [0.1, 0.15) is 23.2 Å². The van der Waals surface area contributed by atoms with Gasteiger partial charge in [-0.05, 0) is 32.1 Å². The van der Waals surface area contributed by atoms with Crippen LogP contribution in [0.1, 0.15) is 29.2 Å². The zero-order valence-corrected chi connectivity index (χ0v) is 23.5. The van der Waals surface area contributed by atoms with Crippen molar-refractivity contribution < 1.29 is 47.5 Å². The summed E-state index contributed by atoms with van der Waals surface area (Å²) in [5.74, 6) is 0.888. The van der Waals surface area contributed by atoms with Crippen molar-refractivity contribution in [3.05, 3.63) is 40.1 Å². The Morgan fingerprint density at radius 1 is 1.02 bits per heavy atom.